The molecule has 4 unspecified atom stereocenters. The standard InChI is InChI=1S/2C25H24FNO5.Ca/c2*26-15-9-7-13(8-10-15)21-17-3-1-2-4-18(17)27-23(14-5-6-14)22(21)25-24(32-25)19(29)11-16(28)12-20(30)31;/h2*1-4,7-10,14,16,19,24-25,28-29H,5-6,11-12H2,(H,30,31);/q;;+2/p-2/t2*16-,19+,24?,25?;/m11./s1. The number of carboxylic acid groups (broad SMARTS) is 2. The number of halogens is 2. The summed E-state index contributed by atoms with van der Waals surface area (Å²) in [6, 6.07) is 28.2. The maximum Gasteiger partial charge on any atom is 2.00 e. The van der Waals surface area contributed by atoms with Crippen LogP contribution in [0.1, 0.15) is 97.9 Å². The third-order valence-corrected chi connectivity index (χ3v) is 12.3. The van der Waals surface area contributed by atoms with Crippen molar-refractivity contribution in [3.8, 4) is 22.3 Å². The predicted octanol–water partition coefficient (Wildman–Crippen LogP) is 4.84. The van der Waals surface area contributed by atoms with Gasteiger partial charge in [0, 0.05) is 71.4 Å². The van der Waals surface area contributed by atoms with Crippen LogP contribution in [0.3, 0.4) is 0 Å². The summed E-state index contributed by atoms with van der Waals surface area (Å²) in [6.07, 6.45) is -3.78. The van der Waals surface area contributed by atoms with E-state index < -0.39 is 73.6 Å². The number of fused-ring (bicyclic) bond motifs is 2. The van der Waals surface area contributed by atoms with Crippen molar-refractivity contribution in [1.29, 1.82) is 0 Å². The SMILES string of the molecule is O=C([O-])C[C@H](O)C[C@H](O)C1OC1c1c(C2CC2)nc2ccccc2c1-c1ccc(F)cc1.O=C([O-])C[C@H](O)C[C@H](O)C1OC1c1c(C2CC2)nc2ccccc2c1-c1ccc(F)cc1.[Ca+2]. The van der Waals surface area contributed by atoms with Gasteiger partial charge in [0.2, 0.25) is 0 Å². The topological polar surface area (TPSA) is 212 Å². The zero-order valence-electron chi connectivity index (χ0n) is 35.3. The Balaban J connectivity index is 0.000000175. The monoisotopic (exact) mass is 912 g/mol. The van der Waals surface area contributed by atoms with Gasteiger partial charge in [-0.25, -0.2) is 8.78 Å². The van der Waals surface area contributed by atoms with Crippen LogP contribution in [0.15, 0.2) is 97.1 Å². The Kier molecular flexibility index (Phi) is 14.3. The number of epoxide rings is 2. The van der Waals surface area contributed by atoms with E-state index in [1.54, 1.807) is 24.3 Å². The molecule has 4 N–H and O–H groups in total. The summed E-state index contributed by atoms with van der Waals surface area (Å²) in [5.41, 5.74) is 8.81. The van der Waals surface area contributed by atoms with Gasteiger partial charge in [-0.1, -0.05) is 60.7 Å². The van der Waals surface area contributed by atoms with E-state index >= 15 is 0 Å². The number of carboxylic acids is 2. The summed E-state index contributed by atoms with van der Waals surface area (Å²) in [7, 11) is 0. The summed E-state index contributed by atoms with van der Waals surface area (Å²) in [5.74, 6) is -2.78. The number of ether oxygens (including phenoxy) is 2. The van der Waals surface area contributed by atoms with Gasteiger partial charge in [-0.2, -0.15) is 0 Å². The average Bonchev–Trinajstić information content (AvgIpc) is 4.07. The Morgan fingerprint density at radius 3 is 1.28 bits per heavy atom. The second-order valence-corrected chi connectivity index (χ2v) is 17.3. The molecule has 10 rings (SSSR count). The number of benzene rings is 4. The van der Waals surface area contributed by atoms with Gasteiger partial charge in [0.1, 0.15) is 36.1 Å². The number of aliphatic hydroxyl groups excluding tert-OH is 4. The first-order valence-corrected chi connectivity index (χ1v) is 21.6. The maximum atomic E-state index is 13.6. The molecule has 0 spiro atoms. The van der Waals surface area contributed by atoms with Crippen LogP contribution < -0.4 is 10.2 Å². The van der Waals surface area contributed by atoms with E-state index in [0.717, 1.165) is 92.3 Å². The van der Waals surface area contributed by atoms with Crippen molar-refractivity contribution < 1.29 is 58.5 Å². The minimum atomic E-state index is -1.37. The van der Waals surface area contributed by atoms with Crippen LogP contribution in [0.25, 0.3) is 44.1 Å². The van der Waals surface area contributed by atoms with Crippen molar-refractivity contribution in [2.75, 3.05) is 0 Å². The molecule has 4 aliphatic rings. The Morgan fingerprint density at radius 2 is 0.938 bits per heavy atom. The van der Waals surface area contributed by atoms with E-state index in [2.05, 4.69) is 0 Å². The van der Waals surface area contributed by atoms with Gasteiger partial charge >= 0.3 is 37.7 Å². The first-order chi connectivity index (χ1) is 30.8. The maximum absolute atomic E-state index is 13.6. The number of aliphatic carboxylic acids is 2. The number of aliphatic hydroxyl groups is 4. The van der Waals surface area contributed by atoms with Crippen LogP contribution in [0.5, 0.6) is 0 Å². The van der Waals surface area contributed by atoms with E-state index in [1.165, 1.54) is 24.3 Å². The molecule has 0 radical (unpaired) electrons. The van der Waals surface area contributed by atoms with E-state index in [9.17, 15) is 49.0 Å². The van der Waals surface area contributed by atoms with Crippen LogP contribution in [-0.2, 0) is 19.1 Å². The molecular weight excluding hydrogens is 867 g/mol. The van der Waals surface area contributed by atoms with Gasteiger partial charge in [-0.05, 0) is 84.3 Å². The molecule has 0 bridgehead atoms. The summed E-state index contributed by atoms with van der Waals surface area (Å²) >= 11 is 0. The van der Waals surface area contributed by atoms with Crippen molar-refractivity contribution in [3.63, 3.8) is 0 Å². The predicted molar refractivity (Wildman–Crippen MR) is 232 cm³/mol. The number of carbonyl (C=O) groups excluding carboxylic acids is 2. The summed E-state index contributed by atoms with van der Waals surface area (Å²) in [5, 5.41) is 64.2. The van der Waals surface area contributed by atoms with Crippen LogP contribution in [0, 0.1) is 11.6 Å². The fraction of sp³-hybridized carbons (Fsp3) is 0.360. The third kappa shape index (κ3) is 10.7. The number of para-hydroxylation sites is 2. The minimum absolute atomic E-state index is 0. The van der Waals surface area contributed by atoms with Gasteiger partial charge in [-0.15, -0.1) is 0 Å². The fourth-order valence-electron chi connectivity index (χ4n) is 8.93. The number of carbonyl (C=O) groups is 2. The fourth-order valence-corrected chi connectivity index (χ4v) is 8.93. The van der Waals surface area contributed by atoms with Gasteiger partial charge in [-0.3, -0.25) is 9.97 Å². The van der Waals surface area contributed by atoms with E-state index in [4.69, 9.17) is 19.4 Å². The Morgan fingerprint density at radius 1 is 0.585 bits per heavy atom. The Bertz CT molecular complexity index is 2510. The second-order valence-electron chi connectivity index (χ2n) is 17.3. The van der Waals surface area contributed by atoms with Crippen molar-refractivity contribution in [2.24, 2.45) is 0 Å². The molecule has 0 amide bonds. The minimum Gasteiger partial charge on any atom is -0.550 e. The van der Waals surface area contributed by atoms with Crippen molar-refractivity contribution in [1.82, 2.24) is 9.97 Å². The van der Waals surface area contributed by atoms with Gasteiger partial charge in [0.05, 0.1) is 46.8 Å². The van der Waals surface area contributed by atoms with E-state index in [0.29, 0.717) is 11.8 Å². The number of aromatic nitrogens is 2. The number of hydrogen-bond acceptors (Lipinski definition) is 12. The molecule has 4 heterocycles. The molecular formula is C50H46CaF2N2O10. The van der Waals surface area contributed by atoms with Crippen LogP contribution in [-0.4, -0.2) is 117 Å². The summed E-state index contributed by atoms with van der Waals surface area (Å²) in [4.78, 5) is 31.3. The molecule has 2 aliphatic carbocycles. The Hall–Kier alpha value is -4.48. The van der Waals surface area contributed by atoms with Crippen molar-refractivity contribution in [2.45, 2.75) is 112 Å². The quantitative estimate of drug-likeness (QED) is 0.0760. The number of pyridine rings is 2. The van der Waals surface area contributed by atoms with E-state index in [-0.39, 0.29) is 62.2 Å². The molecule has 2 aliphatic heterocycles. The largest absolute Gasteiger partial charge is 2.00 e. The van der Waals surface area contributed by atoms with Crippen molar-refractivity contribution >= 4 is 71.5 Å². The Labute approximate surface area is 402 Å². The first kappa shape index (κ1) is 47.0. The molecule has 12 nitrogen and oxygen atoms in total. The van der Waals surface area contributed by atoms with E-state index in [1.807, 2.05) is 48.5 Å². The first-order valence-electron chi connectivity index (χ1n) is 21.6. The molecule has 4 aromatic carbocycles. The number of nitrogens with zero attached hydrogens (tertiary/aromatic N) is 2. The molecule has 2 saturated carbocycles. The molecule has 65 heavy (non-hydrogen) atoms. The van der Waals surface area contributed by atoms with Crippen LogP contribution >= 0.6 is 0 Å². The zero-order valence-corrected chi connectivity index (χ0v) is 37.5. The summed E-state index contributed by atoms with van der Waals surface area (Å²) in [6.45, 7) is 0. The van der Waals surface area contributed by atoms with Gasteiger partial charge < -0.3 is 49.7 Å². The second kappa shape index (κ2) is 19.8. The normalized spacial score (nSPS) is 21.6. The molecule has 2 aromatic heterocycles. The zero-order chi connectivity index (χ0) is 44.8. The molecule has 6 aromatic rings. The third-order valence-electron chi connectivity index (χ3n) is 12.3. The number of hydrogen-bond donors (Lipinski definition) is 4. The molecule has 8 atom stereocenters. The van der Waals surface area contributed by atoms with Gasteiger partial charge in [0.25, 0.3) is 0 Å². The smallest absolute Gasteiger partial charge is 0.550 e. The van der Waals surface area contributed by atoms with Gasteiger partial charge in [0.15, 0.2) is 0 Å². The summed E-state index contributed by atoms with van der Waals surface area (Å²) < 4.78 is 39.1. The molecule has 2 saturated heterocycles. The molecule has 4 fully saturated rings. The van der Waals surface area contributed by atoms with Crippen molar-refractivity contribution in [3.05, 3.63) is 131 Å². The average molecular weight is 913 g/mol. The molecule has 15 heteroatoms. The molecule has 332 valence electrons. The number of rotatable bonds is 16. The van der Waals surface area contributed by atoms with Crippen LogP contribution in [0.2, 0.25) is 0 Å². The van der Waals surface area contributed by atoms with Crippen LogP contribution in [0.4, 0.5) is 8.78 Å².